The molecule has 0 heterocycles. The summed E-state index contributed by atoms with van der Waals surface area (Å²) >= 11 is 2.18. The van der Waals surface area contributed by atoms with Crippen LogP contribution in [0.1, 0.15) is 15.9 Å². The van der Waals surface area contributed by atoms with E-state index in [1.807, 2.05) is 42.5 Å². The number of hydrogen-bond donors (Lipinski definition) is 1. The van der Waals surface area contributed by atoms with Crippen LogP contribution in [-0.2, 0) is 6.42 Å². The van der Waals surface area contributed by atoms with E-state index in [4.69, 9.17) is 5.73 Å². The molecule has 0 aliphatic carbocycles. The number of hydrogen-bond acceptors (Lipinski definition) is 2. The summed E-state index contributed by atoms with van der Waals surface area (Å²) in [5.41, 5.74) is 7.99. The molecule has 0 aromatic heterocycles. The molecule has 0 fully saturated rings. The topological polar surface area (TPSA) is 43.1 Å². The minimum Gasteiger partial charge on any atom is -0.398 e. The molecule has 0 spiro atoms. The highest BCUT2D eigenvalue weighted by Crippen LogP contribution is 2.18. The Morgan fingerprint density at radius 1 is 1.12 bits per heavy atom. The normalized spacial score (nSPS) is 10.2. The molecular weight excluding hydrogens is 325 g/mol. The van der Waals surface area contributed by atoms with Crippen LogP contribution in [0.4, 0.5) is 5.69 Å². The third kappa shape index (κ3) is 3.06. The van der Waals surface area contributed by atoms with E-state index in [-0.39, 0.29) is 5.78 Å². The van der Waals surface area contributed by atoms with Crippen LogP contribution in [0, 0.1) is 3.57 Å². The average Bonchev–Trinajstić information content (AvgIpc) is 2.33. The van der Waals surface area contributed by atoms with E-state index in [0.29, 0.717) is 17.7 Å². The molecule has 0 aliphatic rings. The number of benzene rings is 2. The van der Waals surface area contributed by atoms with Crippen molar-refractivity contribution in [1.29, 1.82) is 0 Å². The fraction of sp³-hybridized carbons (Fsp3) is 0.0714. The third-order valence-electron chi connectivity index (χ3n) is 2.52. The first kappa shape index (κ1) is 12.1. The Kier molecular flexibility index (Phi) is 3.78. The maximum atomic E-state index is 12.1. The Bertz CT molecular complexity index is 537. The molecular formula is C14H12INO. The summed E-state index contributed by atoms with van der Waals surface area (Å²) < 4.78 is 1.02. The Hall–Kier alpha value is -1.36. The first-order chi connectivity index (χ1) is 8.16. The average molecular weight is 337 g/mol. The van der Waals surface area contributed by atoms with Crippen LogP contribution >= 0.6 is 22.6 Å². The van der Waals surface area contributed by atoms with E-state index in [1.165, 1.54) is 0 Å². The summed E-state index contributed by atoms with van der Waals surface area (Å²) in [4.78, 5) is 12.1. The second-order valence-electron chi connectivity index (χ2n) is 3.82. The van der Waals surface area contributed by atoms with Crippen LogP contribution in [0.15, 0.2) is 48.5 Å². The Balaban J connectivity index is 2.23. The van der Waals surface area contributed by atoms with Gasteiger partial charge in [0.1, 0.15) is 0 Å². The molecule has 0 saturated heterocycles. The highest BCUT2D eigenvalue weighted by atomic mass is 127. The van der Waals surface area contributed by atoms with Crippen LogP contribution in [0.2, 0.25) is 0 Å². The quantitative estimate of drug-likeness (QED) is 0.531. The molecule has 0 aliphatic heterocycles. The van der Waals surface area contributed by atoms with Crippen LogP contribution in [-0.4, -0.2) is 5.78 Å². The molecule has 0 unspecified atom stereocenters. The first-order valence-corrected chi connectivity index (χ1v) is 6.37. The van der Waals surface area contributed by atoms with Gasteiger partial charge in [-0.25, -0.2) is 0 Å². The van der Waals surface area contributed by atoms with Gasteiger partial charge in [-0.15, -0.1) is 0 Å². The van der Waals surface area contributed by atoms with Crippen molar-refractivity contribution < 1.29 is 4.79 Å². The molecule has 0 bridgehead atoms. The van der Waals surface area contributed by atoms with Gasteiger partial charge >= 0.3 is 0 Å². The van der Waals surface area contributed by atoms with Crippen molar-refractivity contribution >= 4 is 34.1 Å². The minimum atomic E-state index is 0.0622. The van der Waals surface area contributed by atoms with Gasteiger partial charge in [0.15, 0.2) is 5.78 Å². The fourth-order valence-corrected chi connectivity index (χ4v) is 2.14. The number of nitrogens with two attached hydrogens (primary N) is 1. The van der Waals surface area contributed by atoms with Crippen molar-refractivity contribution in [3.8, 4) is 0 Å². The summed E-state index contributed by atoms with van der Waals surface area (Å²) in [6, 6.07) is 15.2. The lowest BCUT2D eigenvalue weighted by Crippen LogP contribution is -2.07. The SMILES string of the molecule is Nc1ccc(I)cc1C(=O)Cc1ccccc1. The number of Topliss-reactive ketones (excluding diaryl/α,β-unsaturated/α-hetero) is 1. The third-order valence-corrected chi connectivity index (χ3v) is 3.19. The predicted molar refractivity (Wildman–Crippen MR) is 78.0 cm³/mol. The second-order valence-corrected chi connectivity index (χ2v) is 5.06. The Morgan fingerprint density at radius 2 is 1.82 bits per heavy atom. The predicted octanol–water partition coefficient (Wildman–Crippen LogP) is 3.30. The van der Waals surface area contributed by atoms with Gasteiger partial charge < -0.3 is 5.73 Å². The molecule has 17 heavy (non-hydrogen) atoms. The number of carbonyl (C=O) groups is 1. The van der Waals surface area contributed by atoms with Crippen molar-refractivity contribution in [3.05, 3.63) is 63.2 Å². The van der Waals surface area contributed by atoms with Gasteiger partial charge in [0.25, 0.3) is 0 Å². The summed E-state index contributed by atoms with van der Waals surface area (Å²) in [5.74, 6) is 0.0622. The number of carbonyl (C=O) groups excluding carboxylic acids is 1. The van der Waals surface area contributed by atoms with Gasteiger partial charge in [0.2, 0.25) is 0 Å². The van der Waals surface area contributed by atoms with Crippen LogP contribution < -0.4 is 5.73 Å². The lowest BCUT2D eigenvalue weighted by molar-refractivity contribution is 0.0994. The number of halogens is 1. The molecule has 2 aromatic carbocycles. The maximum Gasteiger partial charge on any atom is 0.169 e. The van der Waals surface area contributed by atoms with Gasteiger partial charge in [-0.05, 0) is 46.4 Å². The summed E-state index contributed by atoms with van der Waals surface area (Å²) in [5, 5.41) is 0. The van der Waals surface area contributed by atoms with E-state index >= 15 is 0 Å². The molecule has 86 valence electrons. The molecule has 2 nitrogen and oxygen atoms in total. The first-order valence-electron chi connectivity index (χ1n) is 5.29. The van der Waals surface area contributed by atoms with E-state index in [1.54, 1.807) is 6.07 Å². The summed E-state index contributed by atoms with van der Waals surface area (Å²) in [6.07, 6.45) is 0.394. The number of rotatable bonds is 3. The van der Waals surface area contributed by atoms with Gasteiger partial charge in [-0.2, -0.15) is 0 Å². The molecule has 3 heteroatoms. The zero-order valence-corrected chi connectivity index (χ0v) is 11.3. The summed E-state index contributed by atoms with van der Waals surface area (Å²) in [6.45, 7) is 0. The molecule has 0 saturated carbocycles. The molecule has 2 rings (SSSR count). The van der Waals surface area contributed by atoms with Gasteiger partial charge in [-0.3, -0.25) is 4.79 Å². The van der Waals surface area contributed by atoms with Crippen LogP contribution in [0.3, 0.4) is 0 Å². The highest BCUT2D eigenvalue weighted by Gasteiger charge is 2.10. The highest BCUT2D eigenvalue weighted by molar-refractivity contribution is 14.1. The number of nitrogen functional groups attached to an aromatic ring is 1. The lowest BCUT2D eigenvalue weighted by atomic mass is 10.0. The second kappa shape index (κ2) is 5.31. The van der Waals surface area contributed by atoms with Crippen molar-refractivity contribution in [2.75, 3.05) is 5.73 Å². The van der Waals surface area contributed by atoms with E-state index in [2.05, 4.69) is 22.6 Å². The molecule has 0 atom stereocenters. The van der Waals surface area contributed by atoms with Crippen molar-refractivity contribution in [2.24, 2.45) is 0 Å². The Morgan fingerprint density at radius 3 is 2.53 bits per heavy atom. The Labute approximate surface area is 114 Å². The zero-order valence-electron chi connectivity index (χ0n) is 9.19. The fourth-order valence-electron chi connectivity index (χ4n) is 1.65. The molecule has 0 radical (unpaired) electrons. The maximum absolute atomic E-state index is 12.1. The standard InChI is InChI=1S/C14H12INO/c15-11-6-7-13(16)12(9-11)14(17)8-10-4-2-1-3-5-10/h1-7,9H,8,16H2. The number of ketones is 1. The van der Waals surface area contributed by atoms with Gasteiger partial charge in [-0.1, -0.05) is 30.3 Å². The molecule has 0 amide bonds. The largest absolute Gasteiger partial charge is 0.398 e. The van der Waals surface area contributed by atoms with Gasteiger partial charge in [0, 0.05) is 21.2 Å². The zero-order chi connectivity index (χ0) is 12.3. The van der Waals surface area contributed by atoms with E-state index in [9.17, 15) is 4.79 Å². The van der Waals surface area contributed by atoms with Crippen molar-refractivity contribution in [2.45, 2.75) is 6.42 Å². The number of anilines is 1. The molecule has 2 N–H and O–H groups in total. The molecule has 2 aromatic rings. The van der Waals surface area contributed by atoms with Crippen molar-refractivity contribution in [1.82, 2.24) is 0 Å². The van der Waals surface area contributed by atoms with Crippen molar-refractivity contribution in [3.63, 3.8) is 0 Å². The summed E-state index contributed by atoms with van der Waals surface area (Å²) in [7, 11) is 0. The monoisotopic (exact) mass is 337 g/mol. The smallest absolute Gasteiger partial charge is 0.169 e. The van der Waals surface area contributed by atoms with Gasteiger partial charge in [0.05, 0.1) is 0 Å². The van der Waals surface area contributed by atoms with Crippen LogP contribution in [0.25, 0.3) is 0 Å². The van der Waals surface area contributed by atoms with E-state index in [0.717, 1.165) is 9.13 Å². The lowest BCUT2D eigenvalue weighted by Gasteiger charge is -2.05. The minimum absolute atomic E-state index is 0.0622. The van der Waals surface area contributed by atoms with Crippen LogP contribution in [0.5, 0.6) is 0 Å². The van der Waals surface area contributed by atoms with E-state index < -0.39 is 0 Å².